The van der Waals surface area contributed by atoms with Crippen LogP contribution in [0.1, 0.15) is 105 Å². The van der Waals surface area contributed by atoms with Crippen LogP contribution in [-0.4, -0.2) is 14.1 Å². The molecule has 440 valence electrons. The molecule has 0 aliphatic rings. The predicted octanol–water partition coefficient (Wildman–Crippen LogP) is 21.1. The third-order valence-electron chi connectivity index (χ3n) is 17.0. The molecule has 10 aromatic carbocycles. The maximum absolute atomic E-state index is 6.77. The van der Waals surface area contributed by atoms with Crippen LogP contribution in [0, 0.1) is 18.5 Å². The van der Waals surface area contributed by atoms with Gasteiger partial charge in [0, 0.05) is 49.8 Å². The first-order chi connectivity index (χ1) is 41.6. The maximum Gasteiger partial charge on any atom is 0.268 e. The molecule has 0 fully saturated rings. The number of aromatic nitrogens is 4. The first-order valence-electron chi connectivity index (χ1n) is 30.4. The number of ether oxygens (including phenoxy) is 1. The van der Waals surface area contributed by atoms with E-state index in [-0.39, 0.29) is 42.7 Å². The Morgan fingerprint density at radius 3 is 1.36 bits per heavy atom. The summed E-state index contributed by atoms with van der Waals surface area (Å²) in [6.07, 6.45) is 5.76. The Labute approximate surface area is 534 Å². The fraction of sp³-hybridized carbons (Fsp3) is 0.195. The summed E-state index contributed by atoms with van der Waals surface area (Å²) >= 11 is 0. The van der Waals surface area contributed by atoms with Gasteiger partial charge in [0.15, 0.2) is 0 Å². The Kier molecular flexibility index (Phi) is 15.5. The van der Waals surface area contributed by atoms with Gasteiger partial charge in [0.05, 0.1) is 16.7 Å². The quantitative estimate of drug-likeness (QED) is 0.101. The summed E-state index contributed by atoms with van der Waals surface area (Å²) in [5, 5.41) is 2.17. The topological polar surface area (TPSA) is 35.9 Å². The fourth-order valence-electron chi connectivity index (χ4n) is 11.8. The average molecular weight is 1330 g/mol. The minimum atomic E-state index is -0.0336. The van der Waals surface area contributed by atoms with Gasteiger partial charge < -0.3 is 13.9 Å². The fourth-order valence-corrected chi connectivity index (χ4v) is 11.8. The van der Waals surface area contributed by atoms with Crippen LogP contribution in [0.3, 0.4) is 0 Å². The standard InChI is InChI=1S/C82H74N4O.Pt/c1-79(2,3)64-42-62(43-65(48-64)80(4,5)6)58-38-57(39-59(40-58)63-44-66(81(7,8)9)49-67(45-63)82(10,11)12)56-34-37-78(83-52-56)86-74-31-20-19-30-72(74)73-36-35-71(51-77(73)86)87-70-29-23-28-68(50-70)84-53-85(76-33-22-21-32-75(76)84)69-46-60(54-24-15-13-16-25-54)41-61(47-69)55-26-17-14-18-27-55;/h13-49,52H,1-12H3;/q-2;. The Hall–Kier alpha value is -8.89. The van der Waals surface area contributed by atoms with Crippen molar-refractivity contribution in [3.63, 3.8) is 0 Å². The molecule has 0 amide bonds. The Morgan fingerprint density at radius 1 is 0.375 bits per heavy atom. The molecular weight excluding hydrogens is 1250 g/mol. The molecule has 0 saturated carbocycles. The van der Waals surface area contributed by atoms with Crippen LogP contribution in [0.4, 0.5) is 0 Å². The van der Waals surface area contributed by atoms with E-state index in [4.69, 9.17) is 9.72 Å². The van der Waals surface area contributed by atoms with Crippen molar-refractivity contribution in [3.8, 4) is 84.3 Å². The van der Waals surface area contributed by atoms with Crippen LogP contribution in [0.5, 0.6) is 11.5 Å². The van der Waals surface area contributed by atoms with Gasteiger partial charge >= 0.3 is 0 Å². The minimum absolute atomic E-state index is 0. The Morgan fingerprint density at radius 2 is 0.841 bits per heavy atom. The van der Waals surface area contributed by atoms with Crippen molar-refractivity contribution in [2.75, 3.05) is 0 Å². The van der Waals surface area contributed by atoms with Crippen LogP contribution < -0.4 is 9.30 Å². The summed E-state index contributed by atoms with van der Waals surface area (Å²) in [6, 6.07) is 88.2. The summed E-state index contributed by atoms with van der Waals surface area (Å²) < 4.78 is 13.2. The van der Waals surface area contributed by atoms with Gasteiger partial charge in [-0.25, -0.2) is 4.98 Å². The van der Waals surface area contributed by atoms with E-state index in [0.717, 1.165) is 83.4 Å². The third kappa shape index (κ3) is 11.9. The largest absolute Gasteiger partial charge is 0.510 e. The Bertz CT molecular complexity index is 4520. The van der Waals surface area contributed by atoms with Gasteiger partial charge in [-0.2, -0.15) is 18.2 Å². The second kappa shape index (κ2) is 23.0. The van der Waals surface area contributed by atoms with E-state index in [2.05, 4.69) is 315 Å². The van der Waals surface area contributed by atoms with E-state index in [1.807, 2.05) is 30.5 Å². The summed E-state index contributed by atoms with van der Waals surface area (Å²) in [6.45, 7) is 27.8. The zero-order valence-corrected chi connectivity index (χ0v) is 54.7. The van der Waals surface area contributed by atoms with E-state index >= 15 is 0 Å². The van der Waals surface area contributed by atoms with Gasteiger partial charge in [0.25, 0.3) is 6.33 Å². The monoisotopic (exact) mass is 1330 g/mol. The predicted molar refractivity (Wildman–Crippen MR) is 362 cm³/mol. The number of hydrogen-bond acceptors (Lipinski definition) is 2. The van der Waals surface area contributed by atoms with Gasteiger partial charge in [-0.15, -0.1) is 29.7 Å². The van der Waals surface area contributed by atoms with Crippen molar-refractivity contribution in [1.29, 1.82) is 0 Å². The molecule has 0 aliphatic heterocycles. The number of hydrogen-bond donors (Lipinski definition) is 0. The molecule has 0 saturated heterocycles. The smallest absolute Gasteiger partial charge is 0.268 e. The zero-order chi connectivity index (χ0) is 60.6. The van der Waals surface area contributed by atoms with E-state index < -0.39 is 0 Å². The number of pyridine rings is 1. The molecule has 0 aliphatic carbocycles. The first kappa shape index (κ1) is 59.4. The third-order valence-corrected chi connectivity index (χ3v) is 17.0. The molecule has 13 rings (SSSR count). The number of imidazole rings is 1. The average Bonchev–Trinajstić information content (AvgIpc) is 2.16. The first-order valence-corrected chi connectivity index (χ1v) is 30.4. The van der Waals surface area contributed by atoms with Gasteiger partial charge in [-0.05, 0) is 160 Å². The summed E-state index contributed by atoms with van der Waals surface area (Å²) in [5.74, 6) is 1.92. The van der Waals surface area contributed by atoms with Crippen molar-refractivity contribution >= 4 is 32.8 Å². The van der Waals surface area contributed by atoms with Crippen molar-refractivity contribution in [2.45, 2.75) is 105 Å². The number of fused-ring (bicyclic) bond motifs is 4. The van der Waals surface area contributed by atoms with E-state index in [1.54, 1.807) is 0 Å². The molecular formula is C82H74N4OPt-2. The van der Waals surface area contributed by atoms with Crippen LogP contribution in [0.15, 0.2) is 231 Å². The molecule has 6 heteroatoms. The van der Waals surface area contributed by atoms with Gasteiger partial charge in [0.2, 0.25) is 0 Å². The zero-order valence-electron chi connectivity index (χ0n) is 52.5. The summed E-state index contributed by atoms with van der Waals surface area (Å²) in [4.78, 5) is 5.32. The van der Waals surface area contributed by atoms with Crippen molar-refractivity contribution in [3.05, 3.63) is 271 Å². The van der Waals surface area contributed by atoms with Crippen molar-refractivity contribution < 1.29 is 30.4 Å². The van der Waals surface area contributed by atoms with E-state index in [0.29, 0.717) is 11.5 Å². The Balaban J connectivity index is 0.00000754. The van der Waals surface area contributed by atoms with Crippen LogP contribution >= 0.6 is 0 Å². The molecule has 5 nitrogen and oxygen atoms in total. The molecule has 0 radical (unpaired) electrons. The molecule has 0 N–H and O–H groups in total. The normalized spacial score (nSPS) is 12.2. The van der Waals surface area contributed by atoms with Crippen molar-refractivity contribution in [1.82, 2.24) is 14.1 Å². The molecule has 88 heavy (non-hydrogen) atoms. The molecule has 3 aromatic heterocycles. The minimum Gasteiger partial charge on any atom is -0.510 e. The maximum atomic E-state index is 6.77. The van der Waals surface area contributed by atoms with Crippen LogP contribution in [-0.2, 0) is 42.7 Å². The van der Waals surface area contributed by atoms with E-state index in [1.165, 1.54) is 44.5 Å². The molecule has 0 unspecified atom stereocenters. The second-order valence-corrected chi connectivity index (χ2v) is 27.5. The number of para-hydroxylation sites is 3. The van der Waals surface area contributed by atoms with Crippen LogP contribution in [0.2, 0.25) is 0 Å². The van der Waals surface area contributed by atoms with Crippen molar-refractivity contribution in [2.24, 2.45) is 0 Å². The van der Waals surface area contributed by atoms with Gasteiger partial charge in [-0.3, -0.25) is 4.57 Å². The second-order valence-electron chi connectivity index (χ2n) is 27.5. The van der Waals surface area contributed by atoms with Gasteiger partial charge in [0.1, 0.15) is 5.82 Å². The molecule has 0 bridgehead atoms. The van der Waals surface area contributed by atoms with Crippen LogP contribution in [0.25, 0.3) is 106 Å². The molecule has 3 heterocycles. The van der Waals surface area contributed by atoms with Gasteiger partial charge in [-0.1, -0.05) is 228 Å². The number of rotatable bonds is 10. The SMILES string of the molecule is CC(C)(C)c1cc(-c2cc(-c3ccc(-n4c5[c-]c(Oc6[c-]c(-n7[c-][n+](-c8cc(-c9ccccc9)cc(-c9ccccc9)c8)c8ccccc87)ccc6)ccc5c5ccccc54)nc3)cc(-c3cc(C(C)(C)C)cc(C(C)(C)C)c3)c2)cc(C(C)(C)C)c1.[Pt]. The molecule has 0 atom stereocenters. The van der Waals surface area contributed by atoms with E-state index in [9.17, 15) is 0 Å². The molecule has 0 spiro atoms. The summed E-state index contributed by atoms with van der Waals surface area (Å²) in [7, 11) is 0. The molecule has 13 aromatic rings. The number of benzene rings is 10. The summed E-state index contributed by atoms with van der Waals surface area (Å²) in [5.41, 5.74) is 22.4. The number of nitrogens with zero attached hydrogens (tertiary/aromatic N) is 4.